The molecule has 1 amide bonds. The summed E-state index contributed by atoms with van der Waals surface area (Å²) in [7, 11) is -3.05. The van der Waals surface area contributed by atoms with E-state index in [0.717, 1.165) is 11.1 Å². The van der Waals surface area contributed by atoms with Crippen molar-refractivity contribution in [1.29, 1.82) is 0 Å². The number of anilines is 1. The summed E-state index contributed by atoms with van der Waals surface area (Å²) < 4.78 is 49.2. The molecule has 0 aromatic heterocycles. The Labute approximate surface area is 228 Å². The molecule has 1 saturated heterocycles. The summed E-state index contributed by atoms with van der Waals surface area (Å²) >= 11 is 0. The number of rotatable bonds is 11. The van der Waals surface area contributed by atoms with Crippen molar-refractivity contribution in [3.8, 4) is 5.75 Å². The van der Waals surface area contributed by atoms with E-state index in [-0.39, 0.29) is 35.9 Å². The van der Waals surface area contributed by atoms with Gasteiger partial charge >= 0.3 is 0 Å². The Kier molecular flexibility index (Phi) is 9.68. The predicted molar refractivity (Wildman–Crippen MR) is 149 cm³/mol. The average molecular weight is 556 g/mol. The normalized spacial score (nSPS) is 18.5. The van der Waals surface area contributed by atoms with Crippen molar-refractivity contribution >= 4 is 21.4 Å². The number of morpholine rings is 1. The lowest BCUT2D eigenvalue weighted by Crippen LogP contribution is -2.49. The van der Waals surface area contributed by atoms with Gasteiger partial charge in [-0.2, -0.15) is 0 Å². The first kappa shape index (κ1) is 28.7. The number of halogens is 1. The van der Waals surface area contributed by atoms with Crippen LogP contribution in [-0.2, 0) is 19.4 Å². The van der Waals surface area contributed by atoms with E-state index in [1.54, 1.807) is 6.07 Å². The highest BCUT2D eigenvalue weighted by Gasteiger charge is 2.29. The molecular weight excluding hydrogens is 521 g/mol. The minimum absolute atomic E-state index is 0.0400. The van der Waals surface area contributed by atoms with E-state index in [4.69, 9.17) is 15.2 Å². The molecule has 1 aliphatic heterocycles. The zero-order valence-electron chi connectivity index (χ0n) is 21.8. The van der Waals surface area contributed by atoms with E-state index in [0.29, 0.717) is 19.6 Å². The first-order chi connectivity index (χ1) is 18.7. The van der Waals surface area contributed by atoms with Gasteiger partial charge in [-0.1, -0.05) is 66.7 Å². The van der Waals surface area contributed by atoms with E-state index < -0.39 is 33.5 Å². The molecule has 4 N–H and O–H groups in total. The summed E-state index contributed by atoms with van der Waals surface area (Å²) in [5.74, 6) is -1.55. The Morgan fingerprint density at radius 3 is 2.28 bits per heavy atom. The maximum absolute atomic E-state index is 14.8. The molecular formula is C29H34FN3O5S. The average Bonchev–Trinajstić information content (AvgIpc) is 2.93. The van der Waals surface area contributed by atoms with Crippen LogP contribution < -0.4 is 21.1 Å². The second-order valence-electron chi connectivity index (χ2n) is 9.72. The largest absolute Gasteiger partial charge is 0.486 e. The van der Waals surface area contributed by atoms with Crippen LogP contribution in [0.25, 0.3) is 0 Å². The zero-order valence-corrected chi connectivity index (χ0v) is 22.6. The molecule has 39 heavy (non-hydrogen) atoms. The van der Waals surface area contributed by atoms with E-state index in [1.165, 1.54) is 18.4 Å². The number of carbonyl (C=O) groups excluding carboxylic acids is 1. The van der Waals surface area contributed by atoms with Crippen molar-refractivity contribution in [2.45, 2.75) is 30.5 Å². The van der Waals surface area contributed by atoms with E-state index in [1.807, 2.05) is 60.7 Å². The highest BCUT2D eigenvalue weighted by Crippen LogP contribution is 2.31. The number of nitrogens with two attached hydrogens (primary N) is 1. The molecule has 1 aliphatic rings. The summed E-state index contributed by atoms with van der Waals surface area (Å²) in [6.07, 6.45) is 1.28. The monoisotopic (exact) mass is 555 g/mol. The van der Waals surface area contributed by atoms with Gasteiger partial charge in [-0.25, -0.2) is 12.8 Å². The standard InChI is InChI=1S/C29H34FN3O5S/c1-39(35,36)16-15-22-18-37-23(17-32-22)19-38-28-24(30)13-8-14-25(28)33-29(34)27(31)26(20-9-4-2-5-10-20)21-11-6-3-7-12-21/h2-14,22-23,26-27,32H,15-19,31H2,1H3,(H,33,34)/t22-,23+,27+/m1/s1. The number of benzene rings is 3. The first-order valence-electron chi connectivity index (χ1n) is 12.8. The molecule has 4 rings (SSSR count). The Morgan fingerprint density at radius 2 is 1.72 bits per heavy atom. The van der Waals surface area contributed by atoms with Crippen LogP contribution in [0.4, 0.5) is 10.1 Å². The van der Waals surface area contributed by atoms with Gasteiger partial charge in [0, 0.05) is 24.8 Å². The quantitative estimate of drug-likeness (QED) is 0.333. The fourth-order valence-electron chi connectivity index (χ4n) is 4.54. The molecule has 3 atom stereocenters. The smallest absolute Gasteiger partial charge is 0.242 e. The molecule has 3 aromatic rings. The van der Waals surface area contributed by atoms with Gasteiger partial charge in [0.2, 0.25) is 5.91 Å². The first-order valence-corrected chi connectivity index (χ1v) is 14.9. The number of amides is 1. The van der Waals surface area contributed by atoms with Gasteiger partial charge in [-0.05, 0) is 29.7 Å². The third kappa shape index (κ3) is 8.09. The molecule has 0 radical (unpaired) electrons. The van der Waals surface area contributed by atoms with Crippen LogP contribution in [0.1, 0.15) is 23.5 Å². The van der Waals surface area contributed by atoms with Crippen molar-refractivity contribution in [2.24, 2.45) is 5.73 Å². The van der Waals surface area contributed by atoms with Gasteiger partial charge in [0.25, 0.3) is 0 Å². The molecule has 10 heteroatoms. The molecule has 8 nitrogen and oxygen atoms in total. The lowest BCUT2D eigenvalue weighted by atomic mass is 9.85. The van der Waals surface area contributed by atoms with Gasteiger partial charge in [0.15, 0.2) is 11.6 Å². The highest BCUT2D eigenvalue weighted by atomic mass is 32.2. The second kappa shape index (κ2) is 13.2. The van der Waals surface area contributed by atoms with E-state index in [9.17, 15) is 17.6 Å². The summed E-state index contributed by atoms with van der Waals surface area (Å²) in [5.41, 5.74) is 8.45. The Morgan fingerprint density at radius 1 is 1.08 bits per heavy atom. The van der Waals surface area contributed by atoms with Crippen molar-refractivity contribution in [2.75, 3.05) is 37.1 Å². The number of hydrogen-bond donors (Lipinski definition) is 3. The zero-order chi connectivity index (χ0) is 27.8. The van der Waals surface area contributed by atoms with Crippen molar-refractivity contribution in [1.82, 2.24) is 5.32 Å². The molecule has 1 heterocycles. The Hall–Kier alpha value is -3.31. The topological polar surface area (TPSA) is 120 Å². The predicted octanol–water partition coefficient (Wildman–Crippen LogP) is 3.09. The van der Waals surface area contributed by atoms with Gasteiger partial charge in [-0.15, -0.1) is 0 Å². The molecule has 208 valence electrons. The fraction of sp³-hybridized carbons (Fsp3) is 0.345. The van der Waals surface area contributed by atoms with Gasteiger partial charge in [-0.3, -0.25) is 4.79 Å². The Balaban J connectivity index is 1.41. The summed E-state index contributed by atoms with van der Waals surface area (Å²) in [6, 6.07) is 22.3. The Bertz CT molecular complexity index is 1290. The van der Waals surface area contributed by atoms with Crippen LogP contribution in [0.3, 0.4) is 0 Å². The van der Waals surface area contributed by atoms with Gasteiger partial charge < -0.3 is 25.8 Å². The minimum Gasteiger partial charge on any atom is -0.486 e. The molecule has 0 bridgehead atoms. The molecule has 0 saturated carbocycles. The second-order valence-corrected chi connectivity index (χ2v) is 12.0. The number of ether oxygens (including phenoxy) is 2. The molecule has 0 spiro atoms. The molecule has 0 unspecified atom stereocenters. The number of sulfone groups is 1. The van der Waals surface area contributed by atoms with Crippen molar-refractivity contribution < 1.29 is 27.1 Å². The molecule has 3 aromatic carbocycles. The van der Waals surface area contributed by atoms with Crippen LogP contribution in [-0.4, -0.2) is 64.3 Å². The van der Waals surface area contributed by atoms with Crippen molar-refractivity contribution in [3.63, 3.8) is 0 Å². The van der Waals surface area contributed by atoms with Gasteiger partial charge in [0.05, 0.1) is 24.1 Å². The third-order valence-corrected chi connectivity index (χ3v) is 7.60. The van der Waals surface area contributed by atoms with E-state index in [2.05, 4.69) is 10.6 Å². The third-order valence-electron chi connectivity index (χ3n) is 6.62. The summed E-state index contributed by atoms with van der Waals surface area (Å²) in [4.78, 5) is 13.3. The van der Waals surface area contributed by atoms with Gasteiger partial charge in [0.1, 0.15) is 22.5 Å². The number of carbonyl (C=O) groups is 1. The van der Waals surface area contributed by atoms with Crippen LogP contribution >= 0.6 is 0 Å². The minimum atomic E-state index is -3.05. The lowest BCUT2D eigenvalue weighted by molar-refractivity contribution is -0.117. The van der Waals surface area contributed by atoms with Crippen LogP contribution in [0.2, 0.25) is 0 Å². The molecule has 1 fully saturated rings. The number of nitrogens with one attached hydrogen (secondary N) is 2. The number of para-hydroxylation sites is 1. The SMILES string of the molecule is CS(=O)(=O)CC[C@@H]1CO[C@H](COc2c(F)cccc2NC(=O)[C@@H](N)C(c2ccccc2)c2ccccc2)CN1. The van der Waals surface area contributed by atoms with Crippen LogP contribution in [0.5, 0.6) is 5.75 Å². The molecule has 0 aliphatic carbocycles. The van der Waals surface area contributed by atoms with Crippen LogP contribution in [0, 0.1) is 5.82 Å². The van der Waals surface area contributed by atoms with E-state index >= 15 is 0 Å². The maximum Gasteiger partial charge on any atom is 0.242 e. The maximum atomic E-state index is 14.8. The highest BCUT2D eigenvalue weighted by molar-refractivity contribution is 7.90. The fourth-order valence-corrected chi connectivity index (χ4v) is 5.26. The summed E-state index contributed by atoms with van der Waals surface area (Å²) in [6.45, 7) is 0.781. The van der Waals surface area contributed by atoms with Crippen LogP contribution in [0.15, 0.2) is 78.9 Å². The van der Waals surface area contributed by atoms with Crippen molar-refractivity contribution in [3.05, 3.63) is 95.8 Å². The summed E-state index contributed by atoms with van der Waals surface area (Å²) in [5, 5.41) is 6.00. The lowest BCUT2D eigenvalue weighted by Gasteiger charge is -2.30. The number of hydrogen-bond acceptors (Lipinski definition) is 7.